The summed E-state index contributed by atoms with van der Waals surface area (Å²) in [6, 6.07) is 1.41. The minimum atomic E-state index is -0.312. The van der Waals surface area contributed by atoms with Crippen LogP contribution in [0.25, 0.3) is 0 Å². The van der Waals surface area contributed by atoms with Crippen molar-refractivity contribution in [3.05, 3.63) is 34.2 Å². The Morgan fingerprint density at radius 1 is 1.47 bits per heavy atom. The lowest BCUT2D eigenvalue weighted by Crippen LogP contribution is -2.42. The fourth-order valence-electron chi connectivity index (χ4n) is 2.63. The lowest BCUT2D eigenvalue weighted by atomic mass is 9.95. The molecule has 2 saturated heterocycles. The van der Waals surface area contributed by atoms with Gasteiger partial charge in [-0.15, -0.1) is 0 Å². The van der Waals surface area contributed by atoms with Gasteiger partial charge in [-0.1, -0.05) is 0 Å². The summed E-state index contributed by atoms with van der Waals surface area (Å²) in [7, 11) is 0. The van der Waals surface area contributed by atoms with Gasteiger partial charge in [0.15, 0.2) is 5.43 Å². The molecule has 0 radical (unpaired) electrons. The van der Waals surface area contributed by atoms with Crippen molar-refractivity contribution in [1.82, 2.24) is 10.3 Å². The van der Waals surface area contributed by atoms with Crippen LogP contribution in [0, 0.1) is 0 Å². The van der Waals surface area contributed by atoms with E-state index in [1.807, 2.05) is 0 Å². The summed E-state index contributed by atoms with van der Waals surface area (Å²) in [5, 5.41) is 2.88. The maximum absolute atomic E-state index is 11.9. The van der Waals surface area contributed by atoms with E-state index < -0.39 is 0 Å². The maximum Gasteiger partial charge on any atom is 0.257 e. The molecule has 5 nitrogen and oxygen atoms in total. The first-order chi connectivity index (χ1) is 8.24. The lowest BCUT2D eigenvalue weighted by molar-refractivity contribution is 0.0840. The highest BCUT2D eigenvalue weighted by atomic mass is 16.5. The lowest BCUT2D eigenvalue weighted by Gasteiger charge is -2.19. The highest BCUT2D eigenvalue weighted by molar-refractivity contribution is 5.94. The van der Waals surface area contributed by atoms with Crippen molar-refractivity contribution in [2.45, 2.75) is 37.5 Å². The van der Waals surface area contributed by atoms with E-state index in [1.165, 1.54) is 18.5 Å². The largest absolute Gasteiger partial charge is 0.373 e. The van der Waals surface area contributed by atoms with Gasteiger partial charge in [0.25, 0.3) is 5.91 Å². The quantitative estimate of drug-likeness (QED) is 0.779. The van der Waals surface area contributed by atoms with Crippen molar-refractivity contribution in [1.29, 1.82) is 0 Å². The first kappa shape index (κ1) is 10.5. The number of amides is 1. The van der Waals surface area contributed by atoms with E-state index >= 15 is 0 Å². The Morgan fingerprint density at radius 3 is 3.00 bits per heavy atom. The molecule has 2 bridgehead atoms. The molecule has 1 aromatic rings. The van der Waals surface area contributed by atoms with Gasteiger partial charge in [0, 0.05) is 18.5 Å². The maximum atomic E-state index is 11.9. The molecule has 3 rings (SSSR count). The number of aromatic amines is 1. The Balaban J connectivity index is 1.72. The van der Waals surface area contributed by atoms with Crippen LogP contribution in [0.1, 0.15) is 29.6 Å². The van der Waals surface area contributed by atoms with Crippen LogP contribution < -0.4 is 10.7 Å². The second kappa shape index (κ2) is 4.00. The summed E-state index contributed by atoms with van der Waals surface area (Å²) >= 11 is 0. The summed E-state index contributed by atoms with van der Waals surface area (Å²) < 4.78 is 5.65. The summed E-state index contributed by atoms with van der Waals surface area (Å²) in [6.07, 6.45) is 6.32. The third-order valence-electron chi connectivity index (χ3n) is 3.49. The molecule has 5 heteroatoms. The van der Waals surface area contributed by atoms with Crippen LogP contribution in [0.4, 0.5) is 0 Å². The number of pyridine rings is 1. The van der Waals surface area contributed by atoms with E-state index in [0.29, 0.717) is 6.10 Å². The number of H-pyrrole nitrogens is 1. The average Bonchev–Trinajstić information content (AvgIpc) is 2.91. The van der Waals surface area contributed by atoms with Gasteiger partial charge in [0.05, 0.1) is 18.2 Å². The number of rotatable bonds is 2. The molecule has 1 amide bonds. The molecule has 2 fully saturated rings. The van der Waals surface area contributed by atoms with Gasteiger partial charge in [0.1, 0.15) is 5.56 Å². The Labute approximate surface area is 98.2 Å². The SMILES string of the molecule is O=C(NC1CC2CCC1O2)c1c[nH]ccc1=O. The molecular formula is C12H14N2O3. The van der Waals surface area contributed by atoms with Crippen LogP contribution in [-0.4, -0.2) is 29.1 Å². The van der Waals surface area contributed by atoms with Gasteiger partial charge in [0.2, 0.25) is 0 Å². The molecule has 3 heterocycles. The summed E-state index contributed by atoms with van der Waals surface area (Å²) in [4.78, 5) is 26.1. The smallest absolute Gasteiger partial charge is 0.257 e. The molecule has 2 aliphatic rings. The van der Waals surface area contributed by atoms with Gasteiger partial charge >= 0.3 is 0 Å². The number of ether oxygens (including phenoxy) is 1. The number of aromatic nitrogens is 1. The van der Waals surface area contributed by atoms with Crippen molar-refractivity contribution in [3.8, 4) is 0 Å². The third-order valence-corrected chi connectivity index (χ3v) is 3.49. The van der Waals surface area contributed by atoms with Crippen LogP contribution in [0.5, 0.6) is 0 Å². The molecular weight excluding hydrogens is 220 g/mol. The highest BCUT2D eigenvalue weighted by Gasteiger charge is 2.41. The van der Waals surface area contributed by atoms with E-state index in [2.05, 4.69) is 10.3 Å². The minimum Gasteiger partial charge on any atom is -0.373 e. The standard InChI is InChI=1S/C12H14N2O3/c15-10-3-4-13-6-8(10)12(16)14-9-5-7-1-2-11(9)17-7/h3-4,6-7,9,11H,1-2,5H2,(H,13,15)(H,14,16). The Hall–Kier alpha value is -1.62. The molecule has 0 aliphatic carbocycles. The van der Waals surface area contributed by atoms with Gasteiger partial charge in [-0.3, -0.25) is 9.59 Å². The van der Waals surface area contributed by atoms with E-state index in [4.69, 9.17) is 4.74 Å². The molecule has 0 aromatic carbocycles. The van der Waals surface area contributed by atoms with Crippen molar-refractivity contribution >= 4 is 5.91 Å². The Bertz CT molecular complexity index is 497. The van der Waals surface area contributed by atoms with Crippen molar-refractivity contribution < 1.29 is 9.53 Å². The van der Waals surface area contributed by atoms with Crippen LogP contribution >= 0.6 is 0 Å². The predicted molar refractivity (Wildman–Crippen MR) is 60.8 cm³/mol. The van der Waals surface area contributed by atoms with E-state index in [9.17, 15) is 9.59 Å². The van der Waals surface area contributed by atoms with Crippen molar-refractivity contribution in [2.75, 3.05) is 0 Å². The van der Waals surface area contributed by atoms with Crippen LogP contribution in [-0.2, 0) is 4.74 Å². The Morgan fingerprint density at radius 2 is 2.35 bits per heavy atom. The van der Waals surface area contributed by atoms with Crippen LogP contribution in [0.2, 0.25) is 0 Å². The van der Waals surface area contributed by atoms with Crippen LogP contribution in [0.15, 0.2) is 23.3 Å². The van der Waals surface area contributed by atoms with Gasteiger partial charge < -0.3 is 15.0 Å². The molecule has 2 aliphatic heterocycles. The van der Waals surface area contributed by atoms with Crippen LogP contribution in [0.3, 0.4) is 0 Å². The summed E-state index contributed by atoms with van der Waals surface area (Å²) in [5.41, 5.74) is -0.0967. The van der Waals surface area contributed by atoms with Crippen molar-refractivity contribution in [3.63, 3.8) is 0 Å². The third kappa shape index (κ3) is 1.86. The zero-order valence-electron chi connectivity index (χ0n) is 9.31. The number of carbonyl (C=O) groups excluding carboxylic acids is 1. The minimum absolute atomic E-state index is 0.0563. The Kier molecular flexibility index (Phi) is 2.48. The second-order valence-corrected chi connectivity index (χ2v) is 4.61. The van der Waals surface area contributed by atoms with E-state index in [-0.39, 0.29) is 29.0 Å². The fourth-order valence-corrected chi connectivity index (χ4v) is 2.63. The first-order valence-corrected chi connectivity index (χ1v) is 5.87. The van der Waals surface area contributed by atoms with E-state index in [1.54, 1.807) is 0 Å². The molecule has 2 N–H and O–H groups in total. The molecule has 3 atom stereocenters. The first-order valence-electron chi connectivity index (χ1n) is 5.87. The number of nitrogens with one attached hydrogen (secondary N) is 2. The van der Waals surface area contributed by atoms with Gasteiger partial charge in [-0.25, -0.2) is 0 Å². The normalized spacial score (nSPS) is 30.5. The van der Waals surface area contributed by atoms with Crippen molar-refractivity contribution in [2.24, 2.45) is 0 Å². The van der Waals surface area contributed by atoms with E-state index in [0.717, 1.165) is 19.3 Å². The zero-order chi connectivity index (χ0) is 11.8. The predicted octanol–water partition coefficient (Wildman–Crippen LogP) is 0.425. The number of hydrogen-bond acceptors (Lipinski definition) is 3. The molecule has 0 spiro atoms. The van der Waals surface area contributed by atoms with Gasteiger partial charge in [-0.2, -0.15) is 0 Å². The average molecular weight is 234 g/mol. The monoisotopic (exact) mass is 234 g/mol. The zero-order valence-corrected chi connectivity index (χ0v) is 9.31. The second-order valence-electron chi connectivity index (χ2n) is 4.61. The fraction of sp³-hybridized carbons (Fsp3) is 0.500. The number of carbonyl (C=O) groups is 1. The summed E-state index contributed by atoms with van der Waals surface area (Å²) in [6.45, 7) is 0. The highest BCUT2D eigenvalue weighted by Crippen LogP contribution is 2.34. The molecule has 3 unspecified atom stereocenters. The molecule has 0 saturated carbocycles. The molecule has 1 aromatic heterocycles. The van der Waals surface area contributed by atoms with Gasteiger partial charge in [-0.05, 0) is 19.3 Å². The number of hydrogen-bond donors (Lipinski definition) is 2. The topological polar surface area (TPSA) is 71.2 Å². The molecule has 17 heavy (non-hydrogen) atoms. The summed E-state index contributed by atoms with van der Waals surface area (Å²) in [5.74, 6) is -0.312. The number of fused-ring (bicyclic) bond motifs is 2. The molecule has 90 valence electrons.